The van der Waals surface area contributed by atoms with Crippen molar-refractivity contribution in [3.63, 3.8) is 0 Å². The number of nitro groups is 1. The maximum atomic E-state index is 11.0. The lowest BCUT2D eigenvalue weighted by Gasteiger charge is -2.09. The number of non-ortho nitro benzene ring substituents is 1. The largest absolute Gasteiger partial charge is 0.694 e. The van der Waals surface area contributed by atoms with Crippen LogP contribution < -0.4 is 5.32 Å². The van der Waals surface area contributed by atoms with Crippen molar-refractivity contribution in [2.45, 2.75) is 43.7 Å². The smallest absolute Gasteiger partial charge is 0.411 e. The van der Waals surface area contributed by atoms with Gasteiger partial charge in [-0.25, -0.2) is 0 Å². The van der Waals surface area contributed by atoms with Crippen LogP contribution in [0.3, 0.4) is 0 Å². The molecule has 0 amide bonds. The van der Waals surface area contributed by atoms with Gasteiger partial charge in [0.05, 0.1) is 4.92 Å². The minimum atomic E-state index is -2.54. The Balaban J connectivity index is 1.62. The van der Waals surface area contributed by atoms with Gasteiger partial charge in [-0.3, -0.25) is 10.1 Å². The molecule has 1 aromatic heterocycles. The summed E-state index contributed by atoms with van der Waals surface area (Å²) in [6.07, 6.45) is 1.42. The van der Waals surface area contributed by atoms with Crippen LogP contribution in [0.25, 0.3) is 11.5 Å². The number of hydrogen-bond donors (Lipinski definition) is 2. The van der Waals surface area contributed by atoms with Gasteiger partial charge < -0.3 is 9.73 Å². The van der Waals surface area contributed by atoms with E-state index in [1.165, 1.54) is 17.8 Å². The average molecular weight is 506 g/mol. The molecular formula is C22H26N4O6PS+. The molecule has 0 aliphatic rings. The Morgan fingerprint density at radius 1 is 1.29 bits per heavy atom. The van der Waals surface area contributed by atoms with Crippen LogP contribution in [0.5, 0.6) is 0 Å². The first kappa shape index (κ1) is 25.9. The number of nitrogens with zero attached hydrogens (tertiary/aromatic N) is 3. The summed E-state index contributed by atoms with van der Waals surface area (Å²) >= 11 is 1.35. The number of rotatable bonds is 13. The van der Waals surface area contributed by atoms with Gasteiger partial charge in [-0.15, -0.1) is 19.6 Å². The zero-order chi connectivity index (χ0) is 24.5. The van der Waals surface area contributed by atoms with Crippen molar-refractivity contribution < 1.29 is 23.3 Å². The Morgan fingerprint density at radius 3 is 2.85 bits per heavy atom. The molecule has 0 bridgehead atoms. The standard InChI is InChI=1S/C22H25N4O6PS/c1-3-17-12-16(14-23-10-5-11-31-33(29)30)8-9-20(17)21-24-25-22(32-21)34-15(2)18-6-4-7-19(13-18)26(27)28/h4,6-9,12-13,15,23H,3,5,10-11,14H2,1-2H3/p+1. The van der Waals surface area contributed by atoms with Crippen LogP contribution in [0.4, 0.5) is 5.69 Å². The third-order valence-electron chi connectivity index (χ3n) is 5.04. The molecule has 1 heterocycles. The predicted molar refractivity (Wildman–Crippen MR) is 129 cm³/mol. The SMILES string of the molecule is CCc1cc(CNCCCO[P+](=O)O)ccc1-c1nnc(SC(C)c2cccc([N+](=O)[O-])c2)o1. The average Bonchev–Trinajstić information content (AvgIpc) is 3.29. The topological polar surface area (TPSA) is 141 Å². The fourth-order valence-corrected chi connectivity index (χ4v) is 4.39. The van der Waals surface area contributed by atoms with Gasteiger partial charge in [0.15, 0.2) is 0 Å². The quantitative estimate of drug-likeness (QED) is 0.105. The fourth-order valence-electron chi connectivity index (χ4n) is 3.31. The summed E-state index contributed by atoms with van der Waals surface area (Å²) in [7, 11) is -2.54. The number of thioether (sulfide) groups is 1. The third-order valence-corrected chi connectivity index (χ3v) is 6.44. The van der Waals surface area contributed by atoms with E-state index in [1.54, 1.807) is 12.1 Å². The molecular weight excluding hydrogens is 479 g/mol. The van der Waals surface area contributed by atoms with Gasteiger partial charge in [-0.05, 0) is 49.1 Å². The summed E-state index contributed by atoms with van der Waals surface area (Å²) in [5.74, 6) is 0.431. The molecule has 34 heavy (non-hydrogen) atoms. The Hall–Kier alpha value is -2.69. The zero-order valence-electron chi connectivity index (χ0n) is 18.8. The van der Waals surface area contributed by atoms with Crippen LogP contribution in [0.1, 0.15) is 42.2 Å². The Kier molecular flexibility index (Phi) is 9.67. The number of hydrogen-bond acceptors (Lipinski definition) is 9. The van der Waals surface area contributed by atoms with E-state index in [9.17, 15) is 14.7 Å². The maximum Gasteiger partial charge on any atom is 0.694 e. The van der Waals surface area contributed by atoms with E-state index in [1.807, 2.05) is 25.1 Å². The van der Waals surface area contributed by atoms with E-state index < -0.39 is 13.2 Å². The second-order valence-electron chi connectivity index (χ2n) is 7.43. The number of nitro benzene ring substituents is 1. The first-order valence-corrected chi connectivity index (χ1v) is 12.7. The van der Waals surface area contributed by atoms with E-state index in [2.05, 4.69) is 33.0 Å². The monoisotopic (exact) mass is 505 g/mol. The molecule has 10 nitrogen and oxygen atoms in total. The molecule has 180 valence electrons. The molecule has 2 atom stereocenters. The summed E-state index contributed by atoms with van der Waals surface area (Å²) < 4.78 is 21.0. The highest BCUT2D eigenvalue weighted by Gasteiger charge is 2.18. The second-order valence-corrected chi connectivity index (χ2v) is 9.46. The molecule has 0 saturated heterocycles. The lowest BCUT2D eigenvalue weighted by molar-refractivity contribution is -0.384. The molecule has 12 heteroatoms. The normalized spacial score (nSPS) is 12.5. The highest BCUT2D eigenvalue weighted by Crippen LogP contribution is 2.36. The van der Waals surface area contributed by atoms with Gasteiger partial charge in [0, 0.05) is 34.1 Å². The van der Waals surface area contributed by atoms with Crippen molar-refractivity contribution in [1.29, 1.82) is 0 Å². The number of aromatic nitrogens is 2. The van der Waals surface area contributed by atoms with Crippen molar-refractivity contribution in [2.75, 3.05) is 13.2 Å². The number of aryl methyl sites for hydroxylation is 1. The molecule has 0 aliphatic heterocycles. The first-order chi connectivity index (χ1) is 16.4. The van der Waals surface area contributed by atoms with Crippen molar-refractivity contribution in [3.05, 3.63) is 69.3 Å². The van der Waals surface area contributed by atoms with Crippen molar-refractivity contribution in [3.8, 4) is 11.5 Å². The van der Waals surface area contributed by atoms with Crippen LogP contribution in [-0.4, -0.2) is 33.2 Å². The molecule has 0 aliphatic carbocycles. The number of benzene rings is 2. The first-order valence-electron chi connectivity index (χ1n) is 10.7. The van der Waals surface area contributed by atoms with Crippen LogP contribution in [0.15, 0.2) is 52.1 Å². The molecule has 3 rings (SSSR count). The highest BCUT2D eigenvalue weighted by atomic mass is 32.2. The van der Waals surface area contributed by atoms with E-state index >= 15 is 0 Å². The van der Waals surface area contributed by atoms with Crippen LogP contribution in [-0.2, 0) is 22.1 Å². The van der Waals surface area contributed by atoms with Crippen molar-refractivity contribution in [2.24, 2.45) is 0 Å². The fraction of sp³-hybridized carbons (Fsp3) is 0.364. The van der Waals surface area contributed by atoms with Crippen LogP contribution in [0, 0.1) is 10.1 Å². The van der Waals surface area contributed by atoms with E-state index in [-0.39, 0.29) is 17.5 Å². The molecule has 2 unspecified atom stereocenters. The molecule has 3 aromatic rings. The van der Waals surface area contributed by atoms with E-state index in [4.69, 9.17) is 9.31 Å². The van der Waals surface area contributed by atoms with Gasteiger partial charge in [0.1, 0.15) is 6.61 Å². The summed E-state index contributed by atoms with van der Waals surface area (Å²) in [6.45, 7) is 5.54. The van der Waals surface area contributed by atoms with Crippen molar-refractivity contribution in [1.82, 2.24) is 15.5 Å². The summed E-state index contributed by atoms with van der Waals surface area (Å²) in [4.78, 5) is 19.2. The van der Waals surface area contributed by atoms with Gasteiger partial charge in [0.2, 0.25) is 5.89 Å². The second kappa shape index (κ2) is 12.7. The summed E-state index contributed by atoms with van der Waals surface area (Å²) in [5, 5.41) is 23.0. The highest BCUT2D eigenvalue weighted by molar-refractivity contribution is 7.99. The molecule has 0 saturated carbocycles. The minimum Gasteiger partial charge on any atom is -0.411 e. The predicted octanol–water partition coefficient (Wildman–Crippen LogP) is 5.21. The van der Waals surface area contributed by atoms with E-state index in [0.717, 1.165) is 28.7 Å². The van der Waals surface area contributed by atoms with Gasteiger partial charge in [-0.2, -0.15) is 0 Å². The van der Waals surface area contributed by atoms with Gasteiger partial charge in [-0.1, -0.05) is 43.0 Å². The summed E-state index contributed by atoms with van der Waals surface area (Å²) in [6, 6.07) is 12.6. The lowest BCUT2D eigenvalue weighted by atomic mass is 10.0. The van der Waals surface area contributed by atoms with Gasteiger partial charge in [0.25, 0.3) is 10.9 Å². The van der Waals surface area contributed by atoms with Crippen LogP contribution >= 0.6 is 20.0 Å². The van der Waals surface area contributed by atoms with Gasteiger partial charge >= 0.3 is 8.25 Å². The zero-order valence-corrected chi connectivity index (χ0v) is 20.6. The maximum absolute atomic E-state index is 11.0. The summed E-state index contributed by atoms with van der Waals surface area (Å²) in [5.41, 5.74) is 3.90. The Morgan fingerprint density at radius 2 is 2.12 bits per heavy atom. The Labute approximate surface area is 202 Å². The molecule has 0 radical (unpaired) electrons. The van der Waals surface area contributed by atoms with Crippen molar-refractivity contribution >= 4 is 25.7 Å². The molecule has 0 spiro atoms. The molecule has 2 aromatic carbocycles. The van der Waals surface area contributed by atoms with Crippen LogP contribution in [0.2, 0.25) is 0 Å². The lowest BCUT2D eigenvalue weighted by Crippen LogP contribution is -2.16. The minimum absolute atomic E-state index is 0.0497. The molecule has 2 N–H and O–H groups in total. The molecule has 0 fully saturated rings. The third kappa shape index (κ3) is 7.41. The van der Waals surface area contributed by atoms with E-state index in [0.29, 0.717) is 30.6 Å². The Bertz CT molecular complexity index is 1140. The number of nitrogens with one attached hydrogen (secondary N) is 1.